The van der Waals surface area contributed by atoms with E-state index in [9.17, 15) is 0 Å². The number of para-hydroxylation sites is 2. The van der Waals surface area contributed by atoms with Crippen molar-refractivity contribution in [2.24, 2.45) is 0 Å². The van der Waals surface area contributed by atoms with Gasteiger partial charge in [-0.05, 0) is 108 Å². The molecule has 7 aromatic carbocycles. The number of hydrogen-bond donors (Lipinski definition) is 0. The van der Waals surface area contributed by atoms with Gasteiger partial charge < -0.3 is 9.13 Å². The van der Waals surface area contributed by atoms with Crippen LogP contribution in [-0.2, 0) is 0 Å². The number of fused-ring (bicyclic) bond motifs is 9. The van der Waals surface area contributed by atoms with Crippen LogP contribution in [0.5, 0.6) is 0 Å². The van der Waals surface area contributed by atoms with Crippen molar-refractivity contribution >= 4 is 80.7 Å². The largest absolute Gasteiger partial charge is 0.309 e. The highest BCUT2D eigenvalue weighted by molar-refractivity contribution is 7.25. The summed E-state index contributed by atoms with van der Waals surface area (Å²) < 4.78 is 7.53. The molecule has 1 aliphatic rings. The van der Waals surface area contributed by atoms with Gasteiger partial charge in [0, 0.05) is 53.1 Å². The van der Waals surface area contributed by atoms with Gasteiger partial charge in [0.15, 0.2) is 0 Å². The molecular formula is C48H32N2S. The van der Waals surface area contributed by atoms with Crippen molar-refractivity contribution in [3.05, 3.63) is 175 Å². The fourth-order valence-electron chi connectivity index (χ4n) is 8.40. The molecule has 51 heavy (non-hydrogen) atoms. The minimum absolute atomic E-state index is 1.08. The van der Waals surface area contributed by atoms with E-state index >= 15 is 0 Å². The zero-order chi connectivity index (χ0) is 33.5. The van der Waals surface area contributed by atoms with Crippen molar-refractivity contribution in [3.8, 4) is 22.5 Å². The van der Waals surface area contributed by atoms with Gasteiger partial charge in [0.05, 0.1) is 22.1 Å². The number of aromatic nitrogens is 2. The average molecular weight is 669 g/mol. The molecule has 0 saturated carbocycles. The highest BCUT2D eigenvalue weighted by Gasteiger charge is 2.17. The lowest BCUT2D eigenvalue weighted by Crippen LogP contribution is -1.96. The number of allylic oxidation sites excluding steroid dienone is 4. The second-order valence-electron chi connectivity index (χ2n) is 13.7. The molecule has 0 spiro atoms. The maximum atomic E-state index is 2.44. The third-order valence-corrected chi connectivity index (χ3v) is 11.9. The summed E-state index contributed by atoms with van der Waals surface area (Å²) in [5.41, 5.74) is 12.5. The van der Waals surface area contributed by atoms with Gasteiger partial charge in [0.25, 0.3) is 0 Å². The van der Waals surface area contributed by atoms with Gasteiger partial charge >= 0.3 is 0 Å². The second-order valence-corrected chi connectivity index (χ2v) is 14.7. The van der Waals surface area contributed by atoms with Crippen LogP contribution < -0.4 is 0 Å². The number of benzene rings is 7. The molecule has 0 unspecified atom stereocenters. The highest BCUT2D eigenvalue weighted by atomic mass is 32.1. The highest BCUT2D eigenvalue weighted by Crippen LogP contribution is 2.40. The Balaban J connectivity index is 1.07. The normalized spacial score (nSPS) is 13.4. The summed E-state index contributed by atoms with van der Waals surface area (Å²) >= 11 is 1.87. The van der Waals surface area contributed by atoms with Crippen LogP contribution in [0.3, 0.4) is 0 Å². The third-order valence-electron chi connectivity index (χ3n) is 10.8. The molecule has 0 saturated heterocycles. The standard InChI is InChI=1S/C48H32N2S/c1-2-11-31(12-3-1)32-13-10-14-35(27-32)49-43-18-7-4-15-37(43)40-28-33(21-24-45(40)49)34-22-25-46-41(29-34)38-16-5-8-19-44(38)50(46)36-23-26-48-42(30-36)39-17-6-9-20-47(39)51-48/h1-2,4-11,13-30H,3,12H2. The van der Waals surface area contributed by atoms with E-state index in [1.165, 1.54) is 97.4 Å². The first-order chi connectivity index (χ1) is 25.3. The summed E-state index contributed by atoms with van der Waals surface area (Å²) in [7, 11) is 0. The van der Waals surface area contributed by atoms with E-state index in [0.717, 1.165) is 12.8 Å². The van der Waals surface area contributed by atoms with Crippen LogP contribution in [0.25, 0.3) is 91.9 Å². The maximum Gasteiger partial charge on any atom is 0.0541 e. The molecule has 1 aliphatic carbocycles. The smallest absolute Gasteiger partial charge is 0.0541 e. The minimum atomic E-state index is 1.08. The SMILES string of the molecule is C1=CCCC(c2cccc(-n3c4ccccc4c4cc(-c5ccc6c(c5)c5ccccc5n6-c5ccc6sc7ccccc7c6c5)ccc43)c2)=C1. The molecule has 10 aromatic rings. The Morgan fingerprint density at radius 2 is 1.02 bits per heavy atom. The Bertz CT molecular complexity index is 3090. The summed E-state index contributed by atoms with van der Waals surface area (Å²) in [5, 5.41) is 7.72. The van der Waals surface area contributed by atoms with Crippen LogP contribution in [0, 0.1) is 0 Å². The topological polar surface area (TPSA) is 9.86 Å². The Hall–Kier alpha value is -6.16. The molecule has 0 amide bonds. The molecule has 0 radical (unpaired) electrons. The Labute approximate surface area is 299 Å². The molecular weight excluding hydrogens is 637 g/mol. The van der Waals surface area contributed by atoms with E-state index in [-0.39, 0.29) is 0 Å². The lowest BCUT2D eigenvalue weighted by atomic mass is 9.97. The van der Waals surface area contributed by atoms with Crippen molar-refractivity contribution in [3.63, 3.8) is 0 Å². The van der Waals surface area contributed by atoms with Crippen molar-refractivity contribution in [2.45, 2.75) is 12.8 Å². The molecule has 11 rings (SSSR count). The predicted molar refractivity (Wildman–Crippen MR) is 220 cm³/mol. The second kappa shape index (κ2) is 11.2. The van der Waals surface area contributed by atoms with Gasteiger partial charge in [0.1, 0.15) is 0 Å². The Kier molecular flexibility index (Phi) is 6.28. The van der Waals surface area contributed by atoms with E-state index in [0.29, 0.717) is 0 Å². The first kappa shape index (κ1) is 28.7. The molecule has 0 fully saturated rings. The summed E-state index contributed by atoms with van der Waals surface area (Å²) in [6.07, 6.45) is 8.89. The summed E-state index contributed by atoms with van der Waals surface area (Å²) in [6, 6.07) is 56.4. The summed E-state index contributed by atoms with van der Waals surface area (Å²) in [4.78, 5) is 0. The van der Waals surface area contributed by atoms with E-state index < -0.39 is 0 Å². The monoisotopic (exact) mass is 668 g/mol. The Morgan fingerprint density at radius 1 is 0.412 bits per heavy atom. The average Bonchev–Trinajstić information content (AvgIpc) is 3.85. The lowest BCUT2D eigenvalue weighted by Gasteiger charge is -2.13. The zero-order valence-corrected chi connectivity index (χ0v) is 28.7. The van der Waals surface area contributed by atoms with E-state index in [1.54, 1.807) is 0 Å². The number of rotatable bonds is 4. The number of thiophene rings is 1. The fourth-order valence-corrected chi connectivity index (χ4v) is 9.49. The Morgan fingerprint density at radius 3 is 1.71 bits per heavy atom. The van der Waals surface area contributed by atoms with Crippen LogP contribution in [0.2, 0.25) is 0 Å². The fraction of sp³-hybridized carbons (Fsp3) is 0.0417. The van der Waals surface area contributed by atoms with Gasteiger partial charge in [-0.25, -0.2) is 0 Å². The van der Waals surface area contributed by atoms with Crippen molar-refractivity contribution in [1.29, 1.82) is 0 Å². The minimum Gasteiger partial charge on any atom is -0.309 e. The van der Waals surface area contributed by atoms with Crippen LogP contribution in [0.4, 0.5) is 0 Å². The number of hydrogen-bond acceptors (Lipinski definition) is 1. The molecule has 3 heterocycles. The maximum absolute atomic E-state index is 2.44. The van der Waals surface area contributed by atoms with Gasteiger partial charge in [-0.15, -0.1) is 11.3 Å². The quantitative estimate of drug-likeness (QED) is 0.177. The molecule has 3 heteroatoms. The lowest BCUT2D eigenvalue weighted by molar-refractivity contribution is 1.05. The first-order valence-electron chi connectivity index (χ1n) is 17.7. The van der Waals surface area contributed by atoms with Gasteiger partial charge in [-0.2, -0.15) is 0 Å². The molecule has 2 nitrogen and oxygen atoms in total. The first-order valence-corrected chi connectivity index (χ1v) is 18.6. The van der Waals surface area contributed by atoms with E-state index in [2.05, 4.69) is 179 Å². The van der Waals surface area contributed by atoms with Crippen LogP contribution in [-0.4, -0.2) is 9.13 Å². The molecule has 0 aliphatic heterocycles. The zero-order valence-electron chi connectivity index (χ0n) is 27.9. The predicted octanol–water partition coefficient (Wildman–Crippen LogP) is 13.6. The van der Waals surface area contributed by atoms with Crippen molar-refractivity contribution in [1.82, 2.24) is 9.13 Å². The molecule has 0 atom stereocenters. The summed E-state index contributed by atoms with van der Waals surface area (Å²) in [5.74, 6) is 0. The number of nitrogens with zero attached hydrogens (tertiary/aromatic N) is 2. The van der Waals surface area contributed by atoms with E-state index in [1.807, 2.05) is 11.3 Å². The van der Waals surface area contributed by atoms with Crippen LogP contribution in [0.1, 0.15) is 18.4 Å². The third kappa shape index (κ3) is 4.42. The van der Waals surface area contributed by atoms with Gasteiger partial charge in [0.2, 0.25) is 0 Å². The van der Waals surface area contributed by atoms with Crippen LogP contribution in [0.15, 0.2) is 170 Å². The van der Waals surface area contributed by atoms with Crippen molar-refractivity contribution in [2.75, 3.05) is 0 Å². The van der Waals surface area contributed by atoms with Crippen LogP contribution >= 0.6 is 11.3 Å². The van der Waals surface area contributed by atoms with Gasteiger partial charge in [-0.1, -0.05) is 97.1 Å². The van der Waals surface area contributed by atoms with Gasteiger partial charge in [-0.3, -0.25) is 0 Å². The molecule has 0 bridgehead atoms. The summed E-state index contributed by atoms with van der Waals surface area (Å²) in [6.45, 7) is 0. The molecule has 0 N–H and O–H groups in total. The molecule has 240 valence electrons. The van der Waals surface area contributed by atoms with Crippen molar-refractivity contribution < 1.29 is 0 Å². The van der Waals surface area contributed by atoms with E-state index in [4.69, 9.17) is 0 Å². The molecule has 3 aromatic heterocycles.